The third kappa shape index (κ3) is 5.92. The lowest BCUT2D eigenvalue weighted by molar-refractivity contribution is 0.0650. The van der Waals surface area contributed by atoms with E-state index in [1.165, 1.54) is 44.9 Å². The first kappa shape index (κ1) is 24.7. The molecular formula is C28H46O3. The van der Waals surface area contributed by atoms with E-state index in [1.54, 1.807) is 5.57 Å². The van der Waals surface area contributed by atoms with Crippen molar-refractivity contribution in [2.45, 2.75) is 116 Å². The maximum Gasteiger partial charge on any atom is 0.0811 e. The molecule has 0 amide bonds. The number of aliphatic hydroxyl groups is 3. The predicted octanol–water partition coefficient (Wildman–Crippen LogP) is 6.09. The van der Waals surface area contributed by atoms with Crippen LogP contribution in [0.4, 0.5) is 0 Å². The standard InChI is InChI=1S/C28H46O3/c1-19(9-6-7-15-27(3,4)31)24-13-14-25-21(10-8-16-28(24,25)5)11-12-22-17-23(29)18-26(30)20(22)2/h11-12,19,23-26,29-31H,2,6-10,13-18H2,1,3-5H3/b21-11+,22-12-/t19-,23+,24?,25?,26-,28?/m0/s1. The molecule has 0 aliphatic heterocycles. The maximum absolute atomic E-state index is 10.1. The van der Waals surface area contributed by atoms with Crippen molar-refractivity contribution in [2.24, 2.45) is 23.2 Å². The molecule has 3 heteroatoms. The number of hydrogen-bond acceptors (Lipinski definition) is 3. The highest BCUT2D eigenvalue weighted by atomic mass is 16.3. The highest BCUT2D eigenvalue weighted by Crippen LogP contribution is 2.60. The van der Waals surface area contributed by atoms with E-state index in [0.717, 1.165) is 35.8 Å². The van der Waals surface area contributed by atoms with Gasteiger partial charge in [-0.15, -0.1) is 0 Å². The summed E-state index contributed by atoms with van der Waals surface area (Å²) >= 11 is 0. The molecule has 3 saturated carbocycles. The van der Waals surface area contributed by atoms with Gasteiger partial charge in [0.15, 0.2) is 0 Å². The molecular weight excluding hydrogens is 384 g/mol. The maximum atomic E-state index is 10.1. The van der Waals surface area contributed by atoms with Gasteiger partial charge in [0.2, 0.25) is 0 Å². The third-order valence-corrected chi connectivity index (χ3v) is 8.69. The molecule has 3 unspecified atom stereocenters. The number of allylic oxidation sites excluding steroid dienone is 3. The van der Waals surface area contributed by atoms with Gasteiger partial charge in [-0.25, -0.2) is 0 Å². The van der Waals surface area contributed by atoms with Crippen LogP contribution in [0.25, 0.3) is 0 Å². The average Bonchev–Trinajstić information content (AvgIpc) is 3.03. The Hall–Kier alpha value is -0.900. The smallest absolute Gasteiger partial charge is 0.0811 e. The van der Waals surface area contributed by atoms with Crippen LogP contribution >= 0.6 is 0 Å². The van der Waals surface area contributed by atoms with Gasteiger partial charge in [0.25, 0.3) is 0 Å². The Morgan fingerprint density at radius 1 is 1.19 bits per heavy atom. The first-order valence-corrected chi connectivity index (χ1v) is 12.7. The van der Waals surface area contributed by atoms with Gasteiger partial charge in [-0.1, -0.05) is 57.4 Å². The van der Waals surface area contributed by atoms with E-state index in [4.69, 9.17) is 0 Å². The number of unbranched alkanes of at least 4 members (excludes halogenated alkanes) is 1. The topological polar surface area (TPSA) is 60.7 Å². The first-order chi connectivity index (χ1) is 14.5. The van der Waals surface area contributed by atoms with Crippen molar-refractivity contribution in [1.82, 2.24) is 0 Å². The summed E-state index contributed by atoms with van der Waals surface area (Å²) in [7, 11) is 0. The molecule has 3 N–H and O–H groups in total. The number of rotatable bonds is 7. The lowest BCUT2D eigenvalue weighted by atomic mass is 9.60. The van der Waals surface area contributed by atoms with Gasteiger partial charge in [-0.05, 0) is 93.1 Å². The van der Waals surface area contributed by atoms with E-state index in [0.29, 0.717) is 24.2 Å². The van der Waals surface area contributed by atoms with E-state index < -0.39 is 17.8 Å². The average molecular weight is 431 g/mol. The van der Waals surface area contributed by atoms with E-state index in [-0.39, 0.29) is 0 Å². The van der Waals surface area contributed by atoms with E-state index in [9.17, 15) is 15.3 Å². The highest BCUT2D eigenvalue weighted by Gasteiger charge is 2.50. The second-order valence-electron chi connectivity index (χ2n) is 11.7. The highest BCUT2D eigenvalue weighted by molar-refractivity contribution is 5.38. The fourth-order valence-electron chi connectivity index (χ4n) is 6.90. The van der Waals surface area contributed by atoms with Gasteiger partial charge in [-0.3, -0.25) is 0 Å². The molecule has 3 rings (SSSR count). The van der Waals surface area contributed by atoms with Gasteiger partial charge >= 0.3 is 0 Å². The second kappa shape index (κ2) is 9.93. The lowest BCUT2D eigenvalue weighted by Gasteiger charge is -2.44. The second-order valence-corrected chi connectivity index (χ2v) is 11.7. The summed E-state index contributed by atoms with van der Waals surface area (Å²) in [4.78, 5) is 0. The first-order valence-electron chi connectivity index (χ1n) is 12.7. The van der Waals surface area contributed by atoms with Crippen molar-refractivity contribution in [3.8, 4) is 0 Å². The molecule has 3 nitrogen and oxygen atoms in total. The van der Waals surface area contributed by atoms with E-state index in [1.807, 2.05) is 13.8 Å². The van der Waals surface area contributed by atoms with Crippen molar-refractivity contribution in [3.63, 3.8) is 0 Å². The Balaban J connectivity index is 1.66. The number of hydrogen-bond donors (Lipinski definition) is 3. The Labute approximate surface area is 190 Å². The summed E-state index contributed by atoms with van der Waals surface area (Å²) in [5, 5.41) is 30.2. The van der Waals surface area contributed by atoms with Crippen LogP contribution in [0.5, 0.6) is 0 Å². The van der Waals surface area contributed by atoms with Crippen LogP contribution in [0.2, 0.25) is 0 Å². The molecule has 3 aliphatic carbocycles. The normalized spacial score (nSPS) is 38.0. The zero-order valence-electron chi connectivity index (χ0n) is 20.4. The molecule has 31 heavy (non-hydrogen) atoms. The summed E-state index contributed by atoms with van der Waals surface area (Å²) in [6.07, 6.45) is 15.2. The Bertz CT molecular complexity index is 698. The minimum Gasteiger partial charge on any atom is -0.393 e. The molecule has 0 saturated heterocycles. The summed E-state index contributed by atoms with van der Waals surface area (Å²) in [6, 6.07) is 0. The molecule has 3 aliphatic rings. The largest absolute Gasteiger partial charge is 0.393 e. The molecule has 0 heterocycles. The van der Waals surface area contributed by atoms with Crippen LogP contribution in [0.15, 0.2) is 35.5 Å². The van der Waals surface area contributed by atoms with Crippen LogP contribution in [0.1, 0.15) is 98.3 Å². The Morgan fingerprint density at radius 3 is 2.65 bits per heavy atom. The van der Waals surface area contributed by atoms with Crippen molar-refractivity contribution in [1.29, 1.82) is 0 Å². The molecule has 0 aromatic heterocycles. The van der Waals surface area contributed by atoms with Gasteiger partial charge in [-0.2, -0.15) is 0 Å². The quantitative estimate of drug-likeness (QED) is 0.428. The fraction of sp³-hybridized carbons (Fsp3) is 0.786. The van der Waals surface area contributed by atoms with Crippen LogP contribution in [0.3, 0.4) is 0 Å². The van der Waals surface area contributed by atoms with Crippen molar-refractivity contribution in [2.75, 3.05) is 0 Å². The Morgan fingerprint density at radius 2 is 1.94 bits per heavy atom. The Kier molecular flexibility index (Phi) is 7.92. The van der Waals surface area contributed by atoms with Crippen LogP contribution in [-0.4, -0.2) is 33.1 Å². The van der Waals surface area contributed by atoms with Crippen LogP contribution < -0.4 is 0 Å². The SMILES string of the molecule is C=C1/C(=C\C=C2/CCCC3(C)C2CCC3[C@@H](C)CCCCC(C)(C)O)C[C@@H](O)C[C@@H]1O. The third-order valence-electron chi connectivity index (χ3n) is 8.69. The molecule has 176 valence electrons. The molecule has 0 aromatic carbocycles. The molecule has 0 radical (unpaired) electrons. The zero-order valence-corrected chi connectivity index (χ0v) is 20.4. The zero-order chi connectivity index (χ0) is 22.8. The van der Waals surface area contributed by atoms with Gasteiger partial charge < -0.3 is 15.3 Å². The molecule has 0 bridgehead atoms. The van der Waals surface area contributed by atoms with Gasteiger partial charge in [0.1, 0.15) is 0 Å². The minimum atomic E-state index is -0.613. The predicted molar refractivity (Wildman–Crippen MR) is 129 cm³/mol. The molecule has 3 fully saturated rings. The number of aliphatic hydroxyl groups excluding tert-OH is 2. The molecule has 0 aromatic rings. The summed E-state index contributed by atoms with van der Waals surface area (Å²) in [5.74, 6) is 2.18. The number of fused-ring (bicyclic) bond motifs is 1. The van der Waals surface area contributed by atoms with Crippen LogP contribution in [-0.2, 0) is 0 Å². The summed E-state index contributed by atoms with van der Waals surface area (Å²) < 4.78 is 0. The van der Waals surface area contributed by atoms with Crippen molar-refractivity contribution < 1.29 is 15.3 Å². The van der Waals surface area contributed by atoms with Gasteiger partial charge in [0.05, 0.1) is 17.8 Å². The van der Waals surface area contributed by atoms with Gasteiger partial charge in [0, 0.05) is 6.42 Å². The van der Waals surface area contributed by atoms with E-state index in [2.05, 4.69) is 32.6 Å². The lowest BCUT2D eigenvalue weighted by Crippen LogP contribution is -2.36. The van der Waals surface area contributed by atoms with Crippen molar-refractivity contribution in [3.05, 3.63) is 35.5 Å². The summed E-state index contributed by atoms with van der Waals surface area (Å²) in [5.41, 5.74) is 3.22. The summed E-state index contributed by atoms with van der Waals surface area (Å²) in [6.45, 7) is 12.9. The minimum absolute atomic E-state index is 0.390. The van der Waals surface area contributed by atoms with E-state index >= 15 is 0 Å². The van der Waals surface area contributed by atoms with Crippen LogP contribution in [0, 0.1) is 23.2 Å². The molecule has 0 spiro atoms. The van der Waals surface area contributed by atoms with Crippen molar-refractivity contribution >= 4 is 0 Å². The monoisotopic (exact) mass is 430 g/mol. The fourth-order valence-corrected chi connectivity index (χ4v) is 6.90. The molecule has 6 atom stereocenters.